The summed E-state index contributed by atoms with van der Waals surface area (Å²) in [5.74, 6) is 0. The monoisotopic (exact) mass is 197 g/mol. The first kappa shape index (κ1) is 10.7. The third-order valence-corrected chi connectivity index (χ3v) is 3.60. The molecule has 0 aliphatic rings. The summed E-state index contributed by atoms with van der Waals surface area (Å²) in [4.78, 5) is 1.46. The molecule has 0 aliphatic carbocycles. The molecule has 13 heavy (non-hydrogen) atoms. The second-order valence-corrected chi connectivity index (χ2v) is 5.12. The minimum atomic E-state index is 0.260. The molecule has 0 aromatic carbocycles. The van der Waals surface area contributed by atoms with E-state index in [9.17, 15) is 0 Å². The van der Waals surface area contributed by atoms with Crippen LogP contribution in [0.15, 0.2) is 11.4 Å². The largest absolute Gasteiger partial charge is 0.307 e. The van der Waals surface area contributed by atoms with Crippen LogP contribution in [0.5, 0.6) is 0 Å². The lowest BCUT2D eigenvalue weighted by molar-refractivity contribution is 0.376. The van der Waals surface area contributed by atoms with E-state index in [1.807, 2.05) is 11.3 Å². The minimum absolute atomic E-state index is 0.260. The first-order valence-electron chi connectivity index (χ1n) is 4.83. The van der Waals surface area contributed by atoms with E-state index in [0.717, 1.165) is 13.0 Å². The van der Waals surface area contributed by atoms with Crippen molar-refractivity contribution in [3.05, 3.63) is 21.9 Å². The molecule has 0 atom stereocenters. The average Bonchev–Trinajstić information content (AvgIpc) is 2.48. The van der Waals surface area contributed by atoms with E-state index in [1.165, 1.54) is 10.4 Å². The molecule has 0 aliphatic heterocycles. The van der Waals surface area contributed by atoms with Gasteiger partial charge in [0.05, 0.1) is 0 Å². The molecular weight excluding hydrogens is 178 g/mol. The zero-order valence-corrected chi connectivity index (χ0v) is 9.79. The van der Waals surface area contributed by atoms with E-state index in [-0.39, 0.29) is 5.54 Å². The molecule has 1 aromatic heterocycles. The van der Waals surface area contributed by atoms with Gasteiger partial charge in [-0.05, 0) is 44.2 Å². The number of thiophene rings is 1. The summed E-state index contributed by atoms with van der Waals surface area (Å²) in [6, 6.07) is 2.18. The zero-order valence-electron chi connectivity index (χ0n) is 8.98. The van der Waals surface area contributed by atoms with Gasteiger partial charge in [0.25, 0.3) is 0 Å². The van der Waals surface area contributed by atoms with E-state index >= 15 is 0 Å². The van der Waals surface area contributed by atoms with Crippen molar-refractivity contribution < 1.29 is 0 Å². The molecule has 0 saturated heterocycles. The van der Waals surface area contributed by atoms with Crippen molar-refractivity contribution in [2.75, 3.05) is 0 Å². The van der Waals surface area contributed by atoms with Crippen LogP contribution in [0.25, 0.3) is 0 Å². The third-order valence-electron chi connectivity index (χ3n) is 2.58. The fourth-order valence-electron chi connectivity index (χ4n) is 1.03. The molecule has 1 heterocycles. The summed E-state index contributed by atoms with van der Waals surface area (Å²) >= 11 is 1.84. The summed E-state index contributed by atoms with van der Waals surface area (Å²) in [5.41, 5.74) is 1.67. The van der Waals surface area contributed by atoms with Crippen LogP contribution in [0.3, 0.4) is 0 Å². The van der Waals surface area contributed by atoms with E-state index < -0.39 is 0 Å². The second-order valence-electron chi connectivity index (χ2n) is 4.12. The van der Waals surface area contributed by atoms with Crippen LogP contribution in [0, 0.1) is 6.92 Å². The lowest BCUT2D eigenvalue weighted by Gasteiger charge is -2.24. The van der Waals surface area contributed by atoms with E-state index in [0.29, 0.717) is 0 Å². The van der Waals surface area contributed by atoms with Crippen molar-refractivity contribution >= 4 is 11.3 Å². The SMILES string of the molecule is CCC(C)(C)NCc1sccc1C. The van der Waals surface area contributed by atoms with Gasteiger partial charge in [-0.2, -0.15) is 0 Å². The minimum Gasteiger partial charge on any atom is -0.307 e. The lowest BCUT2D eigenvalue weighted by Crippen LogP contribution is -2.37. The number of hydrogen-bond donors (Lipinski definition) is 1. The van der Waals surface area contributed by atoms with Crippen LogP contribution in [-0.4, -0.2) is 5.54 Å². The Kier molecular flexibility index (Phi) is 3.51. The van der Waals surface area contributed by atoms with Crippen LogP contribution in [0.4, 0.5) is 0 Å². The van der Waals surface area contributed by atoms with Crippen LogP contribution in [0.2, 0.25) is 0 Å². The Hall–Kier alpha value is -0.340. The molecule has 0 bridgehead atoms. The highest BCUT2D eigenvalue weighted by atomic mass is 32.1. The van der Waals surface area contributed by atoms with Crippen molar-refractivity contribution in [3.63, 3.8) is 0 Å². The Balaban J connectivity index is 2.48. The molecule has 0 fully saturated rings. The molecule has 0 amide bonds. The Morgan fingerprint density at radius 1 is 1.46 bits per heavy atom. The Bertz CT molecular complexity index is 263. The fourth-order valence-corrected chi connectivity index (χ4v) is 1.88. The van der Waals surface area contributed by atoms with E-state index in [1.54, 1.807) is 0 Å². The van der Waals surface area contributed by atoms with Gasteiger partial charge in [0, 0.05) is 17.0 Å². The molecule has 1 N–H and O–H groups in total. The molecule has 0 unspecified atom stereocenters. The van der Waals surface area contributed by atoms with Crippen molar-refractivity contribution in [1.82, 2.24) is 5.32 Å². The number of rotatable bonds is 4. The maximum Gasteiger partial charge on any atom is 0.0307 e. The van der Waals surface area contributed by atoms with E-state index in [4.69, 9.17) is 0 Å². The zero-order chi connectivity index (χ0) is 9.90. The van der Waals surface area contributed by atoms with Gasteiger partial charge in [0.2, 0.25) is 0 Å². The molecule has 74 valence electrons. The van der Waals surface area contributed by atoms with Crippen molar-refractivity contribution in [2.45, 2.75) is 46.2 Å². The molecule has 0 saturated carbocycles. The van der Waals surface area contributed by atoms with Gasteiger partial charge in [-0.15, -0.1) is 11.3 Å². The number of aryl methyl sites for hydroxylation is 1. The maximum atomic E-state index is 3.56. The Morgan fingerprint density at radius 2 is 2.15 bits per heavy atom. The summed E-state index contributed by atoms with van der Waals surface area (Å²) in [7, 11) is 0. The van der Waals surface area contributed by atoms with Crippen LogP contribution >= 0.6 is 11.3 Å². The molecule has 1 aromatic rings. The maximum absolute atomic E-state index is 3.56. The first-order chi connectivity index (χ1) is 6.05. The molecule has 1 rings (SSSR count). The first-order valence-corrected chi connectivity index (χ1v) is 5.71. The standard InChI is InChI=1S/C11H19NS/c1-5-11(3,4)12-8-10-9(2)6-7-13-10/h6-7,12H,5,8H2,1-4H3. The normalized spacial score (nSPS) is 12.0. The van der Waals surface area contributed by atoms with Gasteiger partial charge in [0.15, 0.2) is 0 Å². The Labute approximate surface area is 85.2 Å². The summed E-state index contributed by atoms with van der Waals surface area (Å²) < 4.78 is 0. The van der Waals surface area contributed by atoms with Crippen molar-refractivity contribution in [2.24, 2.45) is 0 Å². The number of hydrogen-bond acceptors (Lipinski definition) is 2. The summed E-state index contributed by atoms with van der Waals surface area (Å²) in [5, 5.41) is 5.72. The van der Waals surface area contributed by atoms with Crippen LogP contribution in [0.1, 0.15) is 37.6 Å². The average molecular weight is 197 g/mol. The quantitative estimate of drug-likeness (QED) is 0.780. The highest BCUT2D eigenvalue weighted by Gasteiger charge is 2.13. The van der Waals surface area contributed by atoms with Gasteiger partial charge < -0.3 is 5.32 Å². The predicted octanol–water partition coefficient (Wildman–Crippen LogP) is 3.33. The van der Waals surface area contributed by atoms with Gasteiger partial charge in [0.1, 0.15) is 0 Å². The van der Waals surface area contributed by atoms with Gasteiger partial charge >= 0.3 is 0 Å². The Morgan fingerprint density at radius 3 is 2.62 bits per heavy atom. The van der Waals surface area contributed by atoms with Crippen LogP contribution in [-0.2, 0) is 6.54 Å². The van der Waals surface area contributed by atoms with Crippen molar-refractivity contribution in [3.8, 4) is 0 Å². The molecule has 0 spiro atoms. The van der Waals surface area contributed by atoms with Gasteiger partial charge in [-0.3, -0.25) is 0 Å². The molecule has 2 heteroatoms. The molecule has 0 radical (unpaired) electrons. The van der Waals surface area contributed by atoms with Gasteiger partial charge in [-0.25, -0.2) is 0 Å². The fraction of sp³-hybridized carbons (Fsp3) is 0.636. The molecule has 1 nitrogen and oxygen atoms in total. The van der Waals surface area contributed by atoms with Gasteiger partial charge in [-0.1, -0.05) is 6.92 Å². The highest BCUT2D eigenvalue weighted by Crippen LogP contribution is 2.17. The smallest absolute Gasteiger partial charge is 0.0307 e. The van der Waals surface area contributed by atoms with Crippen molar-refractivity contribution in [1.29, 1.82) is 0 Å². The lowest BCUT2D eigenvalue weighted by atomic mass is 10.0. The predicted molar refractivity (Wildman–Crippen MR) is 60.3 cm³/mol. The summed E-state index contributed by atoms with van der Waals surface area (Å²) in [6.45, 7) is 9.89. The summed E-state index contributed by atoms with van der Waals surface area (Å²) in [6.07, 6.45) is 1.16. The highest BCUT2D eigenvalue weighted by molar-refractivity contribution is 7.10. The third kappa shape index (κ3) is 3.12. The molecular formula is C11H19NS. The topological polar surface area (TPSA) is 12.0 Å². The number of nitrogens with one attached hydrogen (secondary N) is 1. The van der Waals surface area contributed by atoms with E-state index in [2.05, 4.69) is 44.5 Å². The van der Waals surface area contributed by atoms with Crippen LogP contribution < -0.4 is 5.32 Å². The second kappa shape index (κ2) is 4.25.